The van der Waals surface area contributed by atoms with E-state index in [1.807, 2.05) is 18.2 Å². The summed E-state index contributed by atoms with van der Waals surface area (Å²) >= 11 is 1.65. The van der Waals surface area contributed by atoms with Gasteiger partial charge in [0.2, 0.25) is 0 Å². The van der Waals surface area contributed by atoms with Crippen LogP contribution >= 0.6 is 11.3 Å². The molecule has 5 rings (SSSR count). The topological polar surface area (TPSA) is 72.2 Å². The molecule has 0 atom stereocenters. The smallest absolute Gasteiger partial charge is 0.303 e. The van der Waals surface area contributed by atoms with Gasteiger partial charge in [0.25, 0.3) is 5.56 Å². The molecular formula is C24H22N2O3S. The number of aryl methyl sites for hydroxylation is 2. The molecule has 2 heterocycles. The number of nitrogens with zero attached hydrogens (tertiary/aromatic N) is 2. The molecule has 6 heteroatoms. The second-order valence-corrected chi connectivity index (χ2v) is 8.92. The van der Waals surface area contributed by atoms with Crippen molar-refractivity contribution in [1.82, 2.24) is 9.55 Å². The van der Waals surface area contributed by atoms with Gasteiger partial charge in [-0.3, -0.25) is 14.2 Å². The van der Waals surface area contributed by atoms with Crippen molar-refractivity contribution in [2.75, 3.05) is 0 Å². The lowest BCUT2D eigenvalue weighted by atomic mass is 10.0. The summed E-state index contributed by atoms with van der Waals surface area (Å²) in [5.41, 5.74) is 2.27. The SMILES string of the molecule is O=C(O)CCCn1c(Cc2cccc3ccccc23)nc2sc3c(c2c1=O)CCC3. The maximum absolute atomic E-state index is 13.5. The third-order valence-electron chi connectivity index (χ3n) is 5.90. The minimum Gasteiger partial charge on any atom is -0.481 e. The van der Waals surface area contributed by atoms with E-state index < -0.39 is 5.97 Å². The van der Waals surface area contributed by atoms with Crippen LogP contribution in [0, 0.1) is 0 Å². The van der Waals surface area contributed by atoms with Crippen LogP contribution in [0.2, 0.25) is 0 Å². The zero-order valence-corrected chi connectivity index (χ0v) is 17.4. The highest BCUT2D eigenvalue weighted by molar-refractivity contribution is 7.18. The van der Waals surface area contributed by atoms with Crippen LogP contribution in [-0.2, 0) is 30.6 Å². The predicted molar refractivity (Wildman–Crippen MR) is 120 cm³/mol. The molecule has 2 aromatic carbocycles. The molecule has 152 valence electrons. The summed E-state index contributed by atoms with van der Waals surface area (Å²) in [5.74, 6) is -0.127. The predicted octanol–water partition coefficient (Wildman–Crippen LogP) is 4.56. The molecular weight excluding hydrogens is 396 g/mol. The van der Waals surface area contributed by atoms with Gasteiger partial charge in [-0.25, -0.2) is 4.98 Å². The van der Waals surface area contributed by atoms with Gasteiger partial charge in [-0.05, 0) is 47.6 Å². The highest BCUT2D eigenvalue weighted by Gasteiger charge is 2.23. The molecule has 0 saturated heterocycles. The van der Waals surface area contributed by atoms with E-state index in [1.54, 1.807) is 15.9 Å². The van der Waals surface area contributed by atoms with Crippen molar-refractivity contribution in [2.45, 2.75) is 45.1 Å². The lowest BCUT2D eigenvalue weighted by Crippen LogP contribution is -2.26. The second kappa shape index (κ2) is 7.69. The summed E-state index contributed by atoms with van der Waals surface area (Å²) in [6.07, 6.45) is 4.05. The van der Waals surface area contributed by atoms with Gasteiger partial charge in [-0.1, -0.05) is 42.5 Å². The van der Waals surface area contributed by atoms with Crippen molar-refractivity contribution in [3.8, 4) is 0 Å². The Morgan fingerprint density at radius 1 is 1.13 bits per heavy atom. The quantitative estimate of drug-likeness (QED) is 0.498. The Morgan fingerprint density at radius 3 is 2.83 bits per heavy atom. The van der Waals surface area contributed by atoms with E-state index in [2.05, 4.69) is 24.3 Å². The molecule has 0 bridgehead atoms. The fourth-order valence-electron chi connectivity index (χ4n) is 4.49. The van der Waals surface area contributed by atoms with Crippen LogP contribution in [0.5, 0.6) is 0 Å². The minimum atomic E-state index is -0.843. The summed E-state index contributed by atoms with van der Waals surface area (Å²) < 4.78 is 1.72. The van der Waals surface area contributed by atoms with Crippen LogP contribution < -0.4 is 5.56 Å². The molecule has 5 nitrogen and oxygen atoms in total. The first-order valence-electron chi connectivity index (χ1n) is 10.3. The van der Waals surface area contributed by atoms with Gasteiger partial charge < -0.3 is 5.11 Å². The number of hydrogen-bond donors (Lipinski definition) is 1. The highest BCUT2D eigenvalue weighted by Crippen LogP contribution is 2.35. The molecule has 0 spiro atoms. The molecule has 0 saturated carbocycles. The van der Waals surface area contributed by atoms with Gasteiger partial charge in [-0.2, -0.15) is 0 Å². The van der Waals surface area contributed by atoms with Crippen molar-refractivity contribution in [1.29, 1.82) is 0 Å². The molecule has 0 unspecified atom stereocenters. The van der Waals surface area contributed by atoms with Gasteiger partial charge in [0.1, 0.15) is 10.7 Å². The number of benzene rings is 2. The molecule has 30 heavy (non-hydrogen) atoms. The first-order valence-corrected chi connectivity index (χ1v) is 11.2. The summed E-state index contributed by atoms with van der Waals surface area (Å²) in [5, 5.41) is 12.1. The Hall–Kier alpha value is -2.99. The van der Waals surface area contributed by atoms with Gasteiger partial charge in [-0.15, -0.1) is 11.3 Å². The zero-order chi connectivity index (χ0) is 20.7. The van der Waals surface area contributed by atoms with Crippen molar-refractivity contribution in [3.05, 3.63) is 74.6 Å². The van der Waals surface area contributed by atoms with E-state index in [4.69, 9.17) is 10.1 Å². The number of carboxylic acid groups (broad SMARTS) is 1. The number of fused-ring (bicyclic) bond motifs is 4. The zero-order valence-electron chi connectivity index (χ0n) is 16.6. The van der Waals surface area contributed by atoms with E-state index in [0.29, 0.717) is 25.2 Å². The number of hydrogen-bond acceptors (Lipinski definition) is 4. The molecule has 1 aliphatic rings. The lowest BCUT2D eigenvalue weighted by Gasteiger charge is -2.14. The average Bonchev–Trinajstić information content (AvgIpc) is 3.31. The maximum atomic E-state index is 13.5. The monoisotopic (exact) mass is 418 g/mol. The van der Waals surface area contributed by atoms with Crippen LogP contribution in [-0.4, -0.2) is 20.6 Å². The number of aliphatic carboxylic acids is 1. The van der Waals surface area contributed by atoms with Crippen molar-refractivity contribution in [2.24, 2.45) is 0 Å². The average molecular weight is 419 g/mol. The second-order valence-electron chi connectivity index (χ2n) is 7.83. The van der Waals surface area contributed by atoms with E-state index >= 15 is 0 Å². The van der Waals surface area contributed by atoms with Crippen LogP contribution in [0.4, 0.5) is 0 Å². The number of carbonyl (C=O) groups is 1. The number of aromatic nitrogens is 2. The molecule has 1 N–H and O–H groups in total. The van der Waals surface area contributed by atoms with E-state index in [1.165, 1.54) is 4.88 Å². The summed E-state index contributed by atoms with van der Waals surface area (Å²) in [4.78, 5) is 31.5. The Balaban J connectivity index is 1.64. The van der Waals surface area contributed by atoms with E-state index in [9.17, 15) is 9.59 Å². The van der Waals surface area contributed by atoms with Crippen LogP contribution in [0.15, 0.2) is 47.3 Å². The number of rotatable bonds is 6. The molecule has 4 aromatic rings. The largest absolute Gasteiger partial charge is 0.481 e. The molecule has 0 fully saturated rings. The molecule has 1 aliphatic carbocycles. The van der Waals surface area contributed by atoms with Crippen molar-refractivity contribution in [3.63, 3.8) is 0 Å². The molecule has 2 aromatic heterocycles. The van der Waals surface area contributed by atoms with Gasteiger partial charge in [0.15, 0.2) is 0 Å². The molecule has 0 aliphatic heterocycles. The maximum Gasteiger partial charge on any atom is 0.303 e. The molecule has 0 radical (unpaired) electrons. The fraction of sp³-hybridized carbons (Fsp3) is 0.292. The Labute approximate surface area is 177 Å². The Morgan fingerprint density at radius 2 is 1.97 bits per heavy atom. The Bertz CT molecular complexity index is 1330. The van der Waals surface area contributed by atoms with Crippen molar-refractivity contribution < 1.29 is 9.90 Å². The van der Waals surface area contributed by atoms with Gasteiger partial charge in [0.05, 0.1) is 5.39 Å². The normalized spacial score (nSPS) is 13.2. The van der Waals surface area contributed by atoms with Crippen LogP contribution in [0.25, 0.3) is 21.0 Å². The minimum absolute atomic E-state index is 0.0139. The van der Waals surface area contributed by atoms with E-state index in [0.717, 1.165) is 51.4 Å². The Kier molecular flexibility index (Phi) is 4.87. The van der Waals surface area contributed by atoms with E-state index in [-0.39, 0.29) is 12.0 Å². The summed E-state index contributed by atoms with van der Waals surface area (Å²) in [6.45, 7) is 0.374. The summed E-state index contributed by atoms with van der Waals surface area (Å²) in [7, 11) is 0. The number of carboxylic acids is 1. The van der Waals surface area contributed by atoms with Crippen molar-refractivity contribution >= 4 is 38.3 Å². The first kappa shape index (κ1) is 19.0. The first-order chi connectivity index (χ1) is 14.6. The lowest BCUT2D eigenvalue weighted by molar-refractivity contribution is -0.137. The highest BCUT2D eigenvalue weighted by atomic mass is 32.1. The summed E-state index contributed by atoms with van der Waals surface area (Å²) in [6, 6.07) is 14.4. The van der Waals surface area contributed by atoms with Crippen LogP contribution in [0.3, 0.4) is 0 Å². The molecule has 0 amide bonds. The number of thiophene rings is 1. The third-order valence-corrected chi connectivity index (χ3v) is 7.09. The third kappa shape index (κ3) is 3.31. The van der Waals surface area contributed by atoms with Crippen LogP contribution in [0.1, 0.15) is 41.1 Å². The fourth-order valence-corrected chi connectivity index (χ4v) is 5.76. The standard InChI is InChI=1S/C24H22N2O3S/c27-21(28)12-5-13-26-20(14-16-8-3-7-15-6-1-2-9-17(15)16)25-23-22(24(26)29)18-10-4-11-19(18)30-23/h1-3,6-9H,4-5,10-14H2,(H,27,28). The van der Waals surface area contributed by atoms with Gasteiger partial charge in [0, 0.05) is 24.3 Å². The van der Waals surface area contributed by atoms with Gasteiger partial charge >= 0.3 is 5.97 Å².